The largest absolute Gasteiger partial charge is 0.370 e. The monoisotopic (exact) mass is 291 g/mol. The van der Waals surface area contributed by atoms with Crippen LogP contribution in [0.25, 0.3) is 10.2 Å². The normalized spacial score (nSPS) is 16.4. The molecule has 20 heavy (non-hydrogen) atoms. The van der Waals surface area contributed by atoms with Crippen molar-refractivity contribution >= 4 is 33.3 Å². The number of aromatic nitrogens is 2. The average molecular weight is 291 g/mol. The van der Waals surface area contributed by atoms with Crippen LogP contribution in [-0.4, -0.2) is 47.0 Å². The smallest absolute Gasteiger partial charge is 0.234 e. The molecule has 0 unspecified atom stereocenters. The number of carbonyl (C=O) groups is 1. The quantitative estimate of drug-likeness (QED) is 0.881. The average Bonchev–Trinajstić information content (AvgIpc) is 2.87. The molecule has 1 fully saturated rings. The van der Waals surface area contributed by atoms with Crippen molar-refractivity contribution in [2.75, 3.05) is 31.5 Å². The van der Waals surface area contributed by atoms with Gasteiger partial charge in [-0.25, -0.2) is 9.97 Å². The van der Waals surface area contributed by atoms with Crippen LogP contribution in [0.2, 0.25) is 0 Å². The van der Waals surface area contributed by atoms with Crippen LogP contribution < -0.4 is 10.6 Å². The molecule has 1 saturated heterocycles. The summed E-state index contributed by atoms with van der Waals surface area (Å²) in [4.78, 5) is 23.7. The van der Waals surface area contributed by atoms with E-state index < -0.39 is 0 Å². The van der Waals surface area contributed by atoms with E-state index >= 15 is 0 Å². The van der Waals surface area contributed by atoms with E-state index in [0.717, 1.165) is 34.9 Å². The molecule has 2 aromatic rings. The lowest BCUT2D eigenvalue weighted by atomic mass is 10.3. The first-order chi connectivity index (χ1) is 9.76. The van der Waals surface area contributed by atoms with Crippen LogP contribution in [0.5, 0.6) is 0 Å². The van der Waals surface area contributed by atoms with Crippen LogP contribution in [-0.2, 0) is 11.3 Å². The van der Waals surface area contributed by atoms with E-state index in [2.05, 4.69) is 32.4 Å². The topological polar surface area (TPSA) is 70.2 Å². The number of anilines is 1. The molecule has 106 valence electrons. The molecule has 0 radical (unpaired) electrons. The van der Waals surface area contributed by atoms with Gasteiger partial charge in [-0.2, -0.15) is 0 Å². The van der Waals surface area contributed by atoms with Gasteiger partial charge in [0.1, 0.15) is 16.5 Å². The summed E-state index contributed by atoms with van der Waals surface area (Å²) in [5.41, 5.74) is 0. The minimum Gasteiger partial charge on any atom is -0.370 e. The Bertz CT molecular complexity index is 626. The number of amides is 1. The van der Waals surface area contributed by atoms with E-state index in [4.69, 9.17) is 0 Å². The summed E-state index contributed by atoms with van der Waals surface area (Å²) in [6.45, 7) is 5.44. The molecule has 2 N–H and O–H groups in total. The summed E-state index contributed by atoms with van der Waals surface area (Å²) in [5.74, 6) is 1.72. The minimum absolute atomic E-state index is 0.0698. The molecule has 0 bridgehead atoms. The second-order valence-electron chi connectivity index (χ2n) is 4.72. The van der Waals surface area contributed by atoms with Crippen LogP contribution in [0.3, 0.4) is 0 Å². The lowest BCUT2D eigenvalue weighted by molar-refractivity contribution is -0.124. The number of nitrogens with one attached hydrogen (secondary N) is 2. The molecule has 6 nitrogen and oxygen atoms in total. The molecule has 0 saturated carbocycles. The Morgan fingerprint density at radius 2 is 2.40 bits per heavy atom. The second kappa shape index (κ2) is 5.72. The number of fused-ring (bicyclic) bond motifs is 1. The highest BCUT2D eigenvalue weighted by molar-refractivity contribution is 7.16. The van der Waals surface area contributed by atoms with Gasteiger partial charge in [0.25, 0.3) is 0 Å². The van der Waals surface area contributed by atoms with Crippen molar-refractivity contribution in [3.63, 3.8) is 0 Å². The van der Waals surface area contributed by atoms with Gasteiger partial charge in [-0.1, -0.05) is 0 Å². The molecule has 1 amide bonds. The zero-order valence-corrected chi connectivity index (χ0v) is 12.2. The predicted octanol–water partition coefficient (Wildman–Crippen LogP) is 1.05. The van der Waals surface area contributed by atoms with E-state index in [1.54, 1.807) is 11.3 Å². The van der Waals surface area contributed by atoms with Crippen molar-refractivity contribution < 1.29 is 4.79 Å². The van der Waals surface area contributed by atoms with Gasteiger partial charge >= 0.3 is 0 Å². The summed E-state index contributed by atoms with van der Waals surface area (Å²) in [6.07, 6.45) is 0. The molecular weight excluding hydrogens is 274 g/mol. The molecule has 1 aliphatic rings. The maximum atomic E-state index is 11.4. The summed E-state index contributed by atoms with van der Waals surface area (Å²) in [6, 6.07) is 2.04. The van der Waals surface area contributed by atoms with Crippen molar-refractivity contribution in [2.45, 2.75) is 13.5 Å². The Hall–Kier alpha value is -1.73. The maximum Gasteiger partial charge on any atom is 0.234 e. The molecular formula is C13H17N5OS. The van der Waals surface area contributed by atoms with Gasteiger partial charge in [0.15, 0.2) is 0 Å². The lowest BCUT2D eigenvalue weighted by Gasteiger charge is -2.25. The maximum absolute atomic E-state index is 11.4. The van der Waals surface area contributed by atoms with Gasteiger partial charge in [0.2, 0.25) is 5.91 Å². The van der Waals surface area contributed by atoms with Crippen molar-refractivity contribution in [2.24, 2.45) is 0 Å². The standard InChI is InChI=1S/C13H17N5OS/c1-2-14-12-9-3-6-20-13(9)17-10(16-12)7-18-5-4-15-11(19)8-18/h3,6H,2,4-5,7-8H2,1H3,(H,15,19)(H,14,16,17). The highest BCUT2D eigenvalue weighted by Crippen LogP contribution is 2.25. The minimum atomic E-state index is 0.0698. The first-order valence-corrected chi connectivity index (χ1v) is 7.61. The number of piperazine rings is 1. The van der Waals surface area contributed by atoms with Crippen molar-refractivity contribution in [3.8, 4) is 0 Å². The molecule has 0 aliphatic carbocycles. The lowest BCUT2D eigenvalue weighted by Crippen LogP contribution is -2.47. The molecule has 3 rings (SSSR count). The predicted molar refractivity (Wildman–Crippen MR) is 79.9 cm³/mol. The highest BCUT2D eigenvalue weighted by Gasteiger charge is 2.18. The van der Waals surface area contributed by atoms with Gasteiger partial charge in [-0.15, -0.1) is 11.3 Å². The van der Waals surface area contributed by atoms with E-state index in [-0.39, 0.29) is 5.91 Å². The number of hydrogen-bond donors (Lipinski definition) is 2. The van der Waals surface area contributed by atoms with Crippen molar-refractivity contribution in [3.05, 3.63) is 17.3 Å². The van der Waals surface area contributed by atoms with Crippen LogP contribution in [0.1, 0.15) is 12.7 Å². The summed E-state index contributed by atoms with van der Waals surface area (Å²) in [7, 11) is 0. The molecule has 0 aromatic carbocycles. The Morgan fingerprint density at radius 1 is 1.50 bits per heavy atom. The molecule has 0 atom stereocenters. The zero-order chi connectivity index (χ0) is 13.9. The summed E-state index contributed by atoms with van der Waals surface area (Å²) < 4.78 is 0. The zero-order valence-electron chi connectivity index (χ0n) is 11.3. The molecule has 7 heteroatoms. The fourth-order valence-electron chi connectivity index (χ4n) is 2.30. The Morgan fingerprint density at radius 3 is 3.20 bits per heavy atom. The van der Waals surface area contributed by atoms with Crippen molar-refractivity contribution in [1.82, 2.24) is 20.2 Å². The molecule has 3 heterocycles. The van der Waals surface area contributed by atoms with E-state index in [1.807, 2.05) is 11.4 Å². The summed E-state index contributed by atoms with van der Waals surface area (Å²) >= 11 is 1.62. The first-order valence-electron chi connectivity index (χ1n) is 6.73. The van der Waals surface area contributed by atoms with Crippen molar-refractivity contribution in [1.29, 1.82) is 0 Å². The van der Waals surface area contributed by atoms with Gasteiger partial charge in [0, 0.05) is 19.6 Å². The second-order valence-corrected chi connectivity index (χ2v) is 5.61. The SMILES string of the molecule is CCNc1nc(CN2CCNC(=O)C2)nc2sccc12. The third kappa shape index (κ3) is 2.73. The van der Waals surface area contributed by atoms with Gasteiger partial charge in [-0.3, -0.25) is 9.69 Å². The number of hydrogen-bond acceptors (Lipinski definition) is 6. The van der Waals surface area contributed by atoms with Gasteiger partial charge < -0.3 is 10.6 Å². The van der Waals surface area contributed by atoms with Crippen LogP contribution in [0.4, 0.5) is 5.82 Å². The van der Waals surface area contributed by atoms with Gasteiger partial charge in [0.05, 0.1) is 18.5 Å². The van der Waals surface area contributed by atoms with E-state index in [0.29, 0.717) is 19.6 Å². The Balaban J connectivity index is 1.85. The van der Waals surface area contributed by atoms with E-state index in [1.165, 1.54) is 0 Å². The Labute approximate surface area is 121 Å². The number of carbonyl (C=O) groups excluding carboxylic acids is 1. The first kappa shape index (κ1) is 13.3. The fourth-order valence-corrected chi connectivity index (χ4v) is 3.08. The fraction of sp³-hybridized carbons (Fsp3) is 0.462. The number of thiophene rings is 1. The van der Waals surface area contributed by atoms with Gasteiger partial charge in [-0.05, 0) is 18.4 Å². The molecule has 1 aliphatic heterocycles. The van der Waals surface area contributed by atoms with Crippen LogP contribution in [0.15, 0.2) is 11.4 Å². The summed E-state index contributed by atoms with van der Waals surface area (Å²) in [5, 5.41) is 9.20. The third-order valence-electron chi connectivity index (χ3n) is 3.20. The Kier molecular flexibility index (Phi) is 3.79. The third-order valence-corrected chi connectivity index (χ3v) is 4.00. The van der Waals surface area contributed by atoms with Crippen LogP contribution >= 0.6 is 11.3 Å². The molecule has 2 aromatic heterocycles. The van der Waals surface area contributed by atoms with Crippen LogP contribution in [0, 0.1) is 0 Å². The molecule has 0 spiro atoms. The number of nitrogens with zero attached hydrogens (tertiary/aromatic N) is 3. The highest BCUT2D eigenvalue weighted by atomic mass is 32.1. The van der Waals surface area contributed by atoms with E-state index in [9.17, 15) is 4.79 Å². The number of rotatable bonds is 4.